The predicted octanol–water partition coefficient (Wildman–Crippen LogP) is 5.38. The first-order valence-corrected chi connectivity index (χ1v) is 20.3. The number of piperazine rings is 1. The second-order valence-corrected chi connectivity index (χ2v) is 17.4. The molecule has 4 heterocycles. The summed E-state index contributed by atoms with van der Waals surface area (Å²) in [5, 5.41) is 17.8. The third kappa shape index (κ3) is 6.72. The maximum atomic E-state index is 16.0. The molecule has 1 amide bonds. The molecular formula is C40H58N6O3S. The molecule has 5 fully saturated rings. The van der Waals surface area contributed by atoms with Gasteiger partial charge in [0.15, 0.2) is 12.1 Å². The standard InChI is InChI=1S/C40H58N6O3S/c1-4-34(47)46-25-24-45(26-31(46)19-22-41)36-33-18-21-39(20-17-29-13-10-12-28(2)35(29)50-39)37(48)40(33,30-14-8-6-5-7-9-15-30)43-38(42-36)49-27-32-16-11-23-44(32)3/h4,10,12-13,30-33,36,38,42-43H,1,5-9,11,14-21,23-27H2,2-3H3/t31?,32?,33?,36?,38?,39-,40?/m1/s1. The summed E-state index contributed by atoms with van der Waals surface area (Å²) in [5.41, 5.74) is 1.92. The maximum absolute atomic E-state index is 16.0. The summed E-state index contributed by atoms with van der Waals surface area (Å²) in [6.45, 7) is 9.43. The molecule has 6 unspecified atom stereocenters. The molecule has 1 spiro atoms. The Labute approximate surface area is 303 Å². The smallest absolute Gasteiger partial charge is 0.246 e. The highest BCUT2D eigenvalue weighted by Gasteiger charge is 2.66. The number of amides is 1. The van der Waals surface area contributed by atoms with Gasteiger partial charge in [0.2, 0.25) is 5.91 Å². The molecule has 272 valence electrons. The Morgan fingerprint density at radius 2 is 1.88 bits per heavy atom. The lowest BCUT2D eigenvalue weighted by molar-refractivity contribution is -0.169. The normalized spacial score (nSPS) is 35.9. The Morgan fingerprint density at radius 1 is 1.08 bits per heavy atom. The molecule has 1 aromatic carbocycles. The van der Waals surface area contributed by atoms with Gasteiger partial charge in [0, 0.05) is 36.5 Å². The van der Waals surface area contributed by atoms with E-state index in [1.807, 2.05) is 16.7 Å². The van der Waals surface area contributed by atoms with Gasteiger partial charge in [-0.15, -0.1) is 11.8 Å². The summed E-state index contributed by atoms with van der Waals surface area (Å²) in [5.74, 6) is 0.550. The van der Waals surface area contributed by atoms with Gasteiger partial charge in [-0.25, -0.2) is 0 Å². The Bertz CT molecular complexity index is 1460. The second kappa shape index (κ2) is 15.4. The van der Waals surface area contributed by atoms with Crippen LogP contribution in [0.4, 0.5) is 0 Å². The SMILES string of the molecule is C=CC(=O)N1CCN(C2NC(OCC3CCCN3C)NC3(C4CCCCCCC4)C(=O)[C@@]4(CCc5cccc(C)c5S4)CCC23)CC1CC#N. The van der Waals surface area contributed by atoms with Crippen molar-refractivity contribution in [1.29, 1.82) is 5.26 Å². The molecule has 1 aromatic rings. The van der Waals surface area contributed by atoms with Gasteiger partial charge in [-0.05, 0) is 95.0 Å². The Kier molecular flexibility index (Phi) is 11.1. The minimum absolute atomic E-state index is 0.0438. The summed E-state index contributed by atoms with van der Waals surface area (Å²) >= 11 is 1.87. The number of carbonyl (C=O) groups is 2. The van der Waals surface area contributed by atoms with Crippen LogP contribution in [-0.4, -0.2) is 101 Å². The number of likely N-dealkylation sites (tertiary alicyclic amines) is 1. The molecule has 2 saturated carbocycles. The summed E-state index contributed by atoms with van der Waals surface area (Å²) in [6.07, 6.45) is 15.1. The first kappa shape index (κ1) is 36.1. The Hall–Kier alpha value is -2.26. The molecule has 9 nitrogen and oxygen atoms in total. The molecule has 0 aromatic heterocycles. The summed E-state index contributed by atoms with van der Waals surface area (Å²) in [4.78, 5) is 36.9. The van der Waals surface area contributed by atoms with Gasteiger partial charge in [-0.3, -0.25) is 25.1 Å². The highest BCUT2D eigenvalue weighted by atomic mass is 32.2. The van der Waals surface area contributed by atoms with Crippen LogP contribution in [0.3, 0.4) is 0 Å². The van der Waals surface area contributed by atoms with Gasteiger partial charge in [-0.2, -0.15) is 5.26 Å². The number of nitrogens with one attached hydrogen (secondary N) is 2. The average molecular weight is 703 g/mol. The van der Waals surface area contributed by atoms with Crippen molar-refractivity contribution < 1.29 is 14.3 Å². The van der Waals surface area contributed by atoms with Crippen molar-refractivity contribution in [3.8, 4) is 6.07 Å². The van der Waals surface area contributed by atoms with E-state index in [2.05, 4.69) is 65.3 Å². The number of thioether (sulfide) groups is 1. The van der Waals surface area contributed by atoms with E-state index in [4.69, 9.17) is 4.74 Å². The highest BCUT2D eigenvalue weighted by Crippen LogP contribution is 2.57. The molecule has 10 heteroatoms. The Morgan fingerprint density at radius 3 is 2.62 bits per heavy atom. The van der Waals surface area contributed by atoms with E-state index in [1.165, 1.54) is 47.8 Å². The number of benzene rings is 1. The van der Waals surface area contributed by atoms with Gasteiger partial charge < -0.3 is 14.5 Å². The fourth-order valence-corrected chi connectivity index (χ4v) is 12.1. The third-order valence-corrected chi connectivity index (χ3v) is 15.0. The average Bonchev–Trinajstić information content (AvgIpc) is 3.53. The van der Waals surface area contributed by atoms with Crippen molar-refractivity contribution in [2.45, 2.75) is 137 Å². The number of Topliss-reactive ketones (excluding diaryl/α,β-unsaturated/α-hetero) is 1. The third-order valence-electron chi connectivity index (χ3n) is 13.3. The number of hydrogen-bond donors (Lipinski definition) is 2. The highest BCUT2D eigenvalue weighted by molar-refractivity contribution is 8.01. The number of hydrogen-bond acceptors (Lipinski definition) is 9. The lowest BCUT2D eigenvalue weighted by Gasteiger charge is -2.62. The van der Waals surface area contributed by atoms with Crippen LogP contribution in [0, 0.1) is 30.1 Å². The number of carbonyl (C=O) groups excluding carboxylic acids is 2. The van der Waals surface area contributed by atoms with E-state index in [9.17, 15) is 10.1 Å². The largest absolute Gasteiger partial charge is 0.348 e. The number of ether oxygens (including phenoxy) is 1. The van der Waals surface area contributed by atoms with Crippen LogP contribution in [0.1, 0.15) is 94.6 Å². The van der Waals surface area contributed by atoms with E-state index in [-0.39, 0.29) is 36.4 Å². The maximum Gasteiger partial charge on any atom is 0.246 e. The van der Waals surface area contributed by atoms with Crippen LogP contribution in [0.25, 0.3) is 0 Å². The molecule has 2 N–H and O–H groups in total. The molecule has 6 aliphatic rings. The zero-order valence-electron chi connectivity index (χ0n) is 30.3. The van der Waals surface area contributed by atoms with Crippen LogP contribution in [0.5, 0.6) is 0 Å². The van der Waals surface area contributed by atoms with Crippen molar-refractivity contribution >= 4 is 23.5 Å². The zero-order chi connectivity index (χ0) is 34.9. The van der Waals surface area contributed by atoms with E-state index in [0.717, 1.165) is 64.3 Å². The fourth-order valence-electron chi connectivity index (χ4n) is 10.5. The van der Waals surface area contributed by atoms with Crippen LogP contribution in [0.15, 0.2) is 35.7 Å². The first-order chi connectivity index (χ1) is 24.3. The fraction of sp³-hybridized carbons (Fsp3) is 0.725. The first-order valence-electron chi connectivity index (χ1n) is 19.5. The molecule has 7 atom stereocenters. The number of aryl methyl sites for hydroxylation is 2. The van der Waals surface area contributed by atoms with Crippen LogP contribution >= 0.6 is 11.8 Å². The van der Waals surface area contributed by atoms with E-state index < -0.39 is 16.6 Å². The van der Waals surface area contributed by atoms with Crippen LogP contribution in [0.2, 0.25) is 0 Å². The van der Waals surface area contributed by atoms with Crippen molar-refractivity contribution in [2.24, 2.45) is 11.8 Å². The predicted molar refractivity (Wildman–Crippen MR) is 197 cm³/mol. The molecule has 0 bridgehead atoms. The number of nitrogens with zero attached hydrogens (tertiary/aromatic N) is 4. The van der Waals surface area contributed by atoms with Crippen LogP contribution < -0.4 is 10.6 Å². The quantitative estimate of drug-likeness (QED) is 0.363. The Balaban J connectivity index is 1.28. The van der Waals surface area contributed by atoms with Gasteiger partial charge >= 0.3 is 0 Å². The number of rotatable bonds is 7. The monoisotopic (exact) mass is 702 g/mol. The molecule has 0 radical (unpaired) electrons. The minimum Gasteiger partial charge on any atom is -0.348 e. The van der Waals surface area contributed by atoms with Crippen LogP contribution in [-0.2, 0) is 20.7 Å². The van der Waals surface area contributed by atoms with Gasteiger partial charge in [0.25, 0.3) is 0 Å². The topological polar surface area (TPSA) is 101 Å². The van der Waals surface area contributed by atoms with Crippen molar-refractivity contribution in [3.05, 3.63) is 42.0 Å². The number of ketones is 1. The number of nitriles is 1. The molecule has 4 aliphatic heterocycles. The van der Waals surface area contributed by atoms with Crippen molar-refractivity contribution in [3.63, 3.8) is 0 Å². The van der Waals surface area contributed by atoms with E-state index in [0.29, 0.717) is 38.1 Å². The zero-order valence-corrected chi connectivity index (χ0v) is 31.2. The van der Waals surface area contributed by atoms with Crippen molar-refractivity contribution in [2.75, 3.05) is 39.8 Å². The van der Waals surface area contributed by atoms with Gasteiger partial charge in [0.1, 0.15) is 0 Å². The van der Waals surface area contributed by atoms with E-state index in [1.54, 1.807) is 0 Å². The van der Waals surface area contributed by atoms with Gasteiger partial charge in [0.05, 0.1) is 41.6 Å². The second-order valence-electron chi connectivity index (χ2n) is 16.0. The minimum atomic E-state index is -0.732. The number of likely N-dealkylation sites (N-methyl/N-ethyl adjacent to an activating group) is 1. The lowest BCUT2D eigenvalue weighted by Crippen LogP contribution is -2.82. The lowest BCUT2D eigenvalue weighted by atomic mass is 9.56. The summed E-state index contributed by atoms with van der Waals surface area (Å²) in [7, 11) is 2.19. The van der Waals surface area contributed by atoms with E-state index >= 15 is 4.79 Å². The summed E-state index contributed by atoms with van der Waals surface area (Å²) < 4.78 is 6.38. The molecule has 50 heavy (non-hydrogen) atoms. The molecule has 7 rings (SSSR count). The molecule has 2 aliphatic carbocycles. The summed E-state index contributed by atoms with van der Waals surface area (Å²) in [6, 6.07) is 9.09. The number of fused-ring (bicyclic) bond motifs is 2. The van der Waals surface area contributed by atoms with Gasteiger partial charge in [-0.1, -0.05) is 56.9 Å². The molecular weight excluding hydrogens is 645 g/mol. The van der Waals surface area contributed by atoms with Crippen molar-refractivity contribution in [1.82, 2.24) is 25.3 Å². The molecule has 3 saturated heterocycles.